The van der Waals surface area contributed by atoms with Crippen molar-refractivity contribution in [3.8, 4) is 5.75 Å². The van der Waals surface area contributed by atoms with Gasteiger partial charge >= 0.3 is 18.0 Å². The Bertz CT molecular complexity index is 1150. The van der Waals surface area contributed by atoms with Crippen LogP contribution in [0.5, 0.6) is 5.75 Å². The predicted molar refractivity (Wildman–Crippen MR) is 139 cm³/mol. The molecule has 0 N–H and O–H groups in total. The van der Waals surface area contributed by atoms with Gasteiger partial charge in [-0.3, -0.25) is 9.59 Å². The fourth-order valence-corrected chi connectivity index (χ4v) is 4.38. The van der Waals surface area contributed by atoms with Crippen LogP contribution in [0, 0.1) is 11.8 Å². The van der Waals surface area contributed by atoms with Crippen LogP contribution < -0.4 is 4.74 Å². The van der Waals surface area contributed by atoms with Gasteiger partial charge in [-0.25, -0.2) is 9.59 Å². The van der Waals surface area contributed by atoms with Crippen molar-refractivity contribution in [2.75, 3.05) is 27.3 Å². The van der Waals surface area contributed by atoms with E-state index in [4.69, 9.17) is 18.9 Å². The van der Waals surface area contributed by atoms with Crippen LogP contribution in [0.4, 0.5) is 4.79 Å². The van der Waals surface area contributed by atoms with Gasteiger partial charge in [-0.1, -0.05) is 30.3 Å². The first-order valence-corrected chi connectivity index (χ1v) is 12.5. The van der Waals surface area contributed by atoms with Crippen LogP contribution in [-0.4, -0.2) is 61.6 Å². The average molecular weight is 526 g/mol. The number of hydrogen-bond acceptors (Lipinski definition) is 8. The van der Waals surface area contributed by atoms with Crippen molar-refractivity contribution in [3.63, 3.8) is 0 Å². The highest BCUT2D eigenvalue weighted by molar-refractivity contribution is 5.91. The fourth-order valence-electron chi connectivity index (χ4n) is 4.38. The van der Waals surface area contributed by atoms with Crippen molar-refractivity contribution in [1.82, 2.24) is 4.90 Å². The maximum Gasteiger partial charge on any atom is 0.410 e. The van der Waals surface area contributed by atoms with Gasteiger partial charge < -0.3 is 23.8 Å². The lowest BCUT2D eigenvalue weighted by Gasteiger charge is -2.24. The van der Waals surface area contributed by atoms with Gasteiger partial charge in [0.1, 0.15) is 23.7 Å². The number of methoxy groups -OCH3 is 2. The minimum absolute atomic E-state index is 0.0103. The van der Waals surface area contributed by atoms with E-state index in [1.165, 1.54) is 25.2 Å². The summed E-state index contributed by atoms with van der Waals surface area (Å²) in [6.45, 7) is 5.74. The maximum atomic E-state index is 13.5. The van der Waals surface area contributed by atoms with Gasteiger partial charge in [0.2, 0.25) is 0 Å². The lowest BCUT2D eigenvalue weighted by atomic mass is 9.86. The molecular formula is C29H35NO8. The molecule has 0 spiro atoms. The Hall–Kier alpha value is -3.88. The van der Waals surface area contributed by atoms with Crippen LogP contribution in [0.25, 0.3) is 0 Å². The average Bonchev–Trinajstić information content (AvgIpc) is 3.30. The number of Topliss-reactive ketones (excluding diaryl/α,β-unsaturated/α-hetero) is 1. The molecule has 0 radical (unpaired) electrons. The molecule has 0 aliphatic carbocycles. The molecule has 2 atom stereocenters. The van der Waals surface area contributed by atoms with Gasteiger partial charge in [-0.05, 0) is 56.0 Å². The zero-order valence-electron chi connectivity index (χ0n) is 22.5. The first-order chi connectivity index (χ1) is 18.0. The highest BCUT2D eigenvalue weighted by Gasteiger charge is 2.41. The summed E-state index contributed by atoms with van der Waals surface area (Å²) in [7, 11) is 2.74. The summed E-state index contributed by atoms with van der Waals surface area (Å²) in [5.74, 6) is -1.80. The number of rotatable bonds is 9. The van der Waals surface area contributed by atoms with Crippen LogP contribution in [0.2, 0.25) is 0 Å². The number of esters is 2. The highest BCUT2D eigenvalue weighted by atomic mass is 16.6. The first kappa shape index (κ1) is 28.7. The minimum Gasteiger partial charge on any atom is -0.497 e. The summed E-state index contributed by atoms with van der Waals surface area (Å²) in [5, 5.41) is 0. The molecular weight excluding hydrogens is 490 g/mol. The maximum absolute atomic E-state index is 13.5. The number of benzene rings is 2. The molecule has 38 heavy (non-hydrogen) atoms. The normalized spacial score (nSPS) is 17.0. The number of ether oxygens (including phenoxy) is 4. The Balaban J connectivity index is 1.76. The molecule has 1 aliphatic heterocycles. The molecule has 1 saturated heterocycles. The van der Waals surface area contributed by atoms with Gasteiger partial charge in [0.05, 0.1) is 26.2 Å². The van der Waals surface area contributed by atoms with E-state index < -0.39 is 35.5 Å². The summed E-state index contributed by atoms with van der Waals surface area (Å²) >= 11 is 0. The molecule has 2 aromatic carbocycles. The van der Waals surface area contributed by atoms with E-state index in [0.29, 0.717) is 11.3 Å². The van der Waals surface area contributed by atoms with Crippen LogP contribution in [0.3, 0.4) is 0 Å². The van der Waals surface area contributed by atoms with Crippen molar-refractivity contribution < 1.29 is 38.1 Å². The number of hydrogen-bond donors (Lipinski definition) is 0. The van der Waals surface area contributed by atoms with Crippen molar-refractivity contribution in [3.05, 3.63) is 65.2 Å². The zero-order chi connectivity index (χ0) is 27.9. The second-order valence-corrected chi connectivity index (χ2v) is 10.3. The molecule has 2 aromatic rings. The second-order valence-electron chi connectivity index (χ2n) is 10.3. The van der Waals surface area contributed by atoms with Crippen LogP contribution in [-0.2, 0) is 36.8 Å². The van der Waals surface area contributed by atoms with E-state index in [0.717, 1.165) is 5.56 Å². The number of carbonyl (C=O) groups excluding carboxylic acids is 4. The predicted octanol–water partition coefficient (Wildman–Crippen LogP) is 4.21. The molecule has 3 rings (SSSR count). The molecule has 1 amide bonds. The Morgan fingerprint density at radius 2 is 1.66 bits per heavy atom. The first-order valence-electron chi connectivity index (χ1n) is 12.5. The third-order valence-corrected chi connectivity index (χ3v) is 6.18. The second kappa shape index (κ2) is 12.6. The number of nitrogens with zero attached hydrogens (tertiary/aromatic N) is 1. The lowest BCUT2D eigenvalue weighted by Crippen LogP contribution is -2.36. The third kappa shape index (κ3) is 8.06. The quantitative estimate of drug-likeness (QED) is 0.354. The Morgan fingerprint density at radius 3 is 2.29 bits per heavy atom. The third-order valence-electron chi connectivity index (χ3n) is 6.18. The van der Waals surface area contributed by atoms with Crippen LogP contribution >= 0.6 is 0 Å². The van der Waals surface area contributed by atoms with E-state index in [-0.39, 0.29) is 43.9 Å². The molecule has 0 saturated carbocycles. The molecule has 1 heterocycles. The highest BCUT2D eigenvalue weighted by Crippen LogP contribution is 2.31. The molecule has 0 bridgehead atoms. The summed E-state index contributed by atoms with van der Waals surface area (Å²) in [5.41, 5.74) is 0.983. The van der Waals surface area contributed by atoms with E-state index in [9.17, 15) is 19.2 Å². The summed E-state index contributed by atoms with van der Waals surface area (Å²) in [6.07, 6.45) is -0.567. The van der Waals surface area contributed by atoms with Gasteiger partial charge in [0.15, 0.2) is 0 Å². The molecule has 204 valence electrons. The number of amides is 1. The van der Waals surface area contributed by atoms with Crippen molar-refractivity contribution in [2.45, 2.75) is 45.8 Å². The standard InChI is InChI=1S/C29H35NO8/c1-29(2,3)38-28(34)30-16-22(15-26(32)37-18-19-9-7-6-8-10-19)24(17-30)25(31)13-20-11-21(27(33)36-5)14-23(12-20)35-4/h6-12,14,22,24H,13,15-18H2,1-5H3. The molecule has 1 fully saturated rings. The number of ketones is 1. The Labute approximate surface area is 223 Å². The van der Waals surface area contributed by atoms with Gasteiger partial charge in [0, 0.05) is 25.4 Å². The van der Waals surface area contributed by atoms with Crippen LogP contribution in [0.1, 0.15) is 48.7 Å². The van der Waals surface area contributed by atoms with E-state index in [2.05, 4.69) is 0 Å². The molecule has 1 aliphatic rings. The van der Waals surface area contributed by atoms with Gasteiger partial charge in [-0.2, -0.15) is 0 Å². The van der Waals surface area contributed by atoms with Crippen molar-refractivity contribution >= 4 is 23.8 Å². The van der Waals surface area contributed by atoms with Crippen molar-refractivity contribution in [1.29, 1.82) is 0 Å². The minimum atomic E-state index is -0.700. The van der Waals surface area contributed by atoms with Crippen molar-refractivity contribution in [2.24, 2.45) is 11.8 Å². The van der Waals surface area contributed by atoms with Gasteiger partial charge in [0.25, 0.3) is 0 Å². The van der Waals surface area contributed by atoms with E-state index in [1.54, 1.807) is 32.9 Å². The summed E-state index contributed by atoms with van der Waals surface area (Å²) in [4.78, 5) is 52.5. The molecule has 0 aromatic heterocycles. The smallest absolute Gasteiger partial charge is 0.410 e. The Morgan fingerprint density at radius 1 is 0.947 bits per heavy atom. The summed E-state index contributed by atoms with van der Waals surface area (Å²) < 4.78 is 21.0. The molecule has 9 nitrogen and oxygen atoms in total. The van der Waals surface area contributed by atoms with E-state index >= 15 is 0 Å². The molecule has 2 unspecified atom stereocenters. The SMILES string of the molecule is COC(=O)c1cc(CC(=O)C2CN(C(=O)OC(C)(C)C)CC2CC(=O)OCc2ccccc2)cc(OC)c1. The van der Waals surface area contributed by atoms with Gasteiger partial charge in [-0.15, -0.1) is 0 Å². The lowest BCUT2D eigenvalue weighted by molar-refractivity contribution is -0.146. The zero-order valence-corrected chi connectivity index (χ0v) is 22.5. The monoisotopic (exact) mass is 525 g/mol. The largest absolute Gasteiger partial charge is 0.497 e. The van der Waals surface area contributed by atoms with E-state index in [1.807, 2.05) is 30.3 Å². The fraction of sp³-hybridized carbons (Fsp3) is 0.448. The Kier molecular flexibility index (Phi) is 9.50. The molecule has 9 heteroatoms. The number of likely N-dealkylation sites (tertiary alicyclic amines) is 1. The topological polar surface area (TPSA) is 108 Å². The van der Waals surface area contributed by atoms with Crippen LogP contribution in [0.15, 0.2) is 48.5 Å². The number of carbonyl (C=O) groups is 4. The summed E-state index contributed by atoms with van der Waals surface area (Å²) in [6, 6.07) is 14.1.